The summed E-state index contributed by atoms with van der Waals surface area (Å²) < 4.78 is 0. The minimum atomic E-state index is -0.127. The van der Waals surface area contributed by atoms with Gasteiger partial charge in [-0.25, -0.2) is 9.97 Å². The summed E-state index contributed by atoms with van der Waals surface area (Å²) in [6.07, 6.45) is 2.22. The quantitative estimate of drug-likeness (QED) is 0.806. The number of carbonyl (C=O) groups excluding carboxylic acids is 1. The fraction of sp³-hybridized carbons (Fsp3) is 0.500. The average molecular weight is 329 g/mol. The summed E-state index contributed by atoms with van der Waals surface area (Å²) in [5.41, 5.74) is 2.67. The first-order valence-electron chi connectivity index (χ1n) is 8.23. The highest BCUT2D eigenvalue weighted by Gasteiger charge is 2.25. The summed E-state index contributed by atoms with van der Waals surface area (Å²) in [5.74, 6) is 0.951. The summed E-state index contributed by atoms with van der Waals surface area (Å²) in [6, 6.07) is 7.86. The van der Waals surface area contributed by atoms with Gasteiger partial charge >= 0.3 is 0 Å². The van der Waals surface area contributed by atoms with Gasteiger partial charge in [0, 0.05) is 13.1 Å². The number of aromatic nitrogens is 2. The van der Waals surface area contributed by atoms with Crippen molar-refractivity contribution in [3.05, 3.63) is 30.0 Å². The molecular weight excluding hydrogens is 306 g/mol. The standard InChI is InChI=1S/C18H23N3OS/c1-12-8-10-21(11-9-12)18(22)14(3)23-17-13(2)19-15-6-4-5-7-16(15)20-17/h4-7,12,14H,8-11H2,1-3H3. The van der Waals surface area contributed by atoms with Crippen LogP contribution >= 0.6 is 11.8 Å². The number of hydrogen-bond acceptors (Lipinski definition) is 4. The number of benzene rings is 1. The molecule has 122 valence electrons. The molecule has 1 aliphatic rings. The van der Waals surface area contributed by atoms with Gasteiger partial charge in [-0.05, 0) is 44.7 Å². The van der Waals surface area contributed by atoms with Crippen LogP contribution in [0, 0.1) is 12.8 Å². The minimum Gasteiger partial charge on any atom is -0.342 e. The van der Waals surface area contributed by atoms with Crippen LogP contribution < -0.4 is 0 Å². The van der Waals surface area contributed by atoms with E-state index in [9.17, 15) is 4.79 Å². The molecule has 0 N–H and O–H groups in total. The molecule has 2 aromatic rings. The van der Waals surface area contributed by atoms with Gasteiger partial charge in [-0.1, -0.05) is 30.8 Å². The Labute approximate surface area is 141 Å². The van der Waals surface area contributed by atoms with Crippen molar-refractivity contribution in [3.63, 3.8) is 0 Å². The van der Waals surface area contributed by atoms with Crippen molar-refractivity contribution in [3.8, 4) is 0 Å². The molecule has 1 atom stereocenters. The summed E-state index contributed by atoms with van der Waals surface area (Å²) >= 11 is 1.52. The summed E-state index contributed by atoms with van der Waals surface area (Å²) in [7, 11) is 0. The Hall–Kier alpha value is -1.62. The second-order valence-corrected chi connectivity index (χ2v) is 7.70. The largest absolute Gasteiger partial charge is 0.342 e. The van der Waals surface area contributed by atoms with E-state index < -0.39 is 0 Å². The monoisotopic (exact) mass is 329 g/mol. The molecule has 0 spiro atoms. The molecule has 0 saturated carbocycles. The maximum Gasteiger partial charge on any atom is 0.235 e. The molecule has 1 amide bonds. The van der Waals surface area contributed by atoms with Gasteiger partial charge in [0.2, 0.25) is 5.91 Å². The first-order chi connectivity index (χ1) is 11.0. The molecule has 2 heterocycles. The number of rotatable bonds is 3. The molecular formula is C18H23N3OS. The van der Waals surface area contributed by atoms with E-state index in [1.165, 1.54) is 11.8 Å². The fourth-order valence-electron chi connectivity index (χ4n) is 2.89. The molecule has 0 radical (unpaired) electrons. The number of para-hydroxylation sites is 2. The average Bonchev–Trinajstić information content (AvgIpc) is 2.55. The fourth-order valence-corrected chi connectivity index (χ4v) is 3.84. The van der Waals surface area contributed by atoms with Crippen molar-refractivity contribution in [2.45, 2.75) is 43.9 Å². The number of hydrogen-bond donors (Lipinski definition) is 0. The van der Waals surface area contributed by atoms with Crippen LogP contribution in [0.15, 0.2) is 29.3 Å². The number of nitrogens with zero attached hydrogens (tertiary/aromatic N) is 3. The normalized spacial score (nSPS) is 17.4. The molecule has 1 aliphatic heterocycles. The lowest BCUT2D eigenvalue weighted by molar-refractivity contribution is -0.131. The van der Waals surface area contributed by atoms with E-state index in [0.717, 1.165) is 53.6 Å². The lowest BCUT2D eigenvalue weighted by atomic mass is 9.99. The van der Waals surface area contributed by atoms with E-state index in [4.69, 9.17) is 0 Å². The third kappa shape index (κ3) is 3.66. The second kappa shape index (κ2) is 6.87. The van der Waals surface area contributed by atoms with Crippen molar-refractivity contribution >= 4 is 28.7 Å². The first-order valence-corrected chi connectivity index (χ1v) is 9.11. The van der Waals surface area contributed by atoms with Gasteiger partial charge < -0.3 is 4.90 Å². The number of aryl methyl sites for hydroxylation is 1. The van der Waals surface area contributed by atoms with Gasteiger partial charge in [0.25, 0.3) is 0 Å². The van der Waals surface area contributed by atoms with E-state index in [0.29, 0.717) is 0 Å². The van der Waals surface area contributed by atoms with Crippen LogP contribution in [0.25, 0.3) is 11.0 Å². The molecule has 4 nitrogen and oxygen atoms in total. The van der Waals surface area contributed by atoms with Crippen molar-refractivity contribution < 1.29 is 4.79 Å². The van der Waals surface area contributed by atoms with Gasteiger partial charge in [0.05, 0.1) is 22.0 Å². The van der Waals surface area contributed by atoms with Crippen molar-refractivity contribution in [1.82, 2.24) is 14.9 Å². The first kappa shape index (κ1) is 16.2. The van der Waals surface area contributed by atoms with Crippen LogP contribution in [0.3, 0.4) is 0 Å². The topological polar surface area (TPSA) is 46.1 Å². The number of carbonyl (C=O) groups is 1. The lowest BCUT2D eigenvalue weighted by Crippen LogP contribution is -2.41. The SMILES string of the molecule is Cc1nc2ccccc2nc1SC(C)C(=O)N1CCC(C)CC1. The summed E-state index contributed by atoms with van der Waals surface area (Å²) in [4.78, 5) is 23.9. The second-order valence-electron chi connectivity index (χ2n) is 6.37. The van der Waals surface area contributed by atoms with Crippen LogP contribution in [0.1, 0.15) is 32.4 Å². The number of likely N-dealkylation sites (tertiary alicyclic amines) is 1. The maximum atomic E-state index is 12.6. The zero-order valence-electron chi connectivity index (χ0n) is 14.0. The van der Waals surface area contributed by atoms with Gasteiger partial charge in [-0.15, -0.1) is 0 Å². The zero-order chi connectivity index (χ0) is 16.4. The lowest BCUT2D eigenvalue weighted by Gasteiger charge is -2.32. The predicted molar refractivity (Wildman–Crippen MR) is 94.6 cm³/mol. The Bertz CT molecular complexity index is 710. The number of amides is 1. The minimum absolute atomic E-state index is 0.127. The van der Waals surface area contributed by atoms with Crippen molar-refractivity contribution in [1.29, 1.82) is 0 Å². The Morgan fingerprint density at radius 1 is 1.22 bits per heavy atom. The molecule has 5 heteroatoms. The van der Waals surface area contributed by atoms with Gasteiger partial charge in [0.15, 0.2) is 0 Å². The highest BCUT2D eigenvalue weighted by atomic mass is 32.2. The molecule has 1 saturated heterocycles. The van der Waals surface area contributed by atoms with Crippen LogP contribution in [0.4, 0.5) is 0 Å². The van der Waals surface area contributed by atoms with E-state index in [1.807, 2.05) is 43.0 Å². The van der Waals surface area contributed by atoms with Crippen LogP contribution in [-0.4, -0.2) is 39.1 Å². The Kier molecular flexibility index (Phi) is 4.85. The molecule has 3 rings (SSSR count). The Morgan fingerprint density at radius 3 is 2.48 bits per heavy atom. The Morgan fingerprint density at radius 2 is 1.83 bits per heavy atom. The summed E-state index contributed by atoms with van der Waals surface area (Å²) in [6.45, 7) is 7.96. The maximum absolute atomic E-state index is 12.6. The summed E-state index contributed by atoms with van der Waals surface area (Å²) in [5, 5.41) is 0.729. The van der Waals surface area contributed by atoms with E-state index >= 15 is 0 Å². The van der Waals surface area contributed by atoms with Gasteiger partial charge in [0.1, 0.15) is 5.03 Å². The van der Waals surface area contributed by atoms with Crippen molar-refractivity contribution in [2.75, 3.05) is 13.1 Å². The highest BCUT2D eigenvalue weighted by Crippen LogP contribution is 2.28. The zero-order valence-corrected chi connectivity index (χ0v) is 14.8. The van der Waals surface area contributed by atoms with E-state index in [-0.39, 0.29) is 11.2 Å². The Balaban J connectivity index is 1.73. The van der Waals surface area contributed by atoms with E-state index in [1.54, 1.807) is 0 Å². The van der Waals surface area contributed by atoms with Crippen molar-refractivity contribution in [2.24, 2.45) is 5.92 Å². The molecule has 1 unspecified atom stereocenters. The third-order valence-electron chi connectivity index (χ3n) is 4.43. The number of piperidine rings is 1. The van der Waals surface area contributed by atoms with Crippen LogP contribution in [0.2, 0.25) is 0 Å². The van der Waals surface area contributed by atoms with Crippen LogP contribution in [0.5, 0.6) is 0 Å². The van der Waals surface area contributed by atoms with Gasteiger partial charge in [-0.2, -0.15) is 0 Å². The number of fused-ring (bicyclic) bond motifs is 1. The third-order valence-corrected chi connectivity index (χ3v) is 5.60. The molecule has 1 aromatic heterocycles. The highest BCUT2D eigenvalue weighted by molar-refractivity contribution is 8.00. The van der Waals surface area contributed by atoms with Gasteiger partial charge in [-0.3, -0.25) is 4.79 Å². The number of thioether (sulfide) groups is 1. The van der Waals surface area contributed by atoms with E-state index in [2.05, 4.69) is 16.9 Å². The molecule has 1 fully saturated rings. The molecule has 0 aliphatic carbocycles. The predicted octanol–water partition coefficient (Wildman–Crippen LogP) is 3.68. The van der Waals surface area contributed by atoms with Crippen LogP contribution in [-0.2, 0) is 4.79 Å². The molecule has 0 bridgehead atoms. The molecule has 1 aromatic carbocycles. The smallest absolute Gasteiger partial charge is 0.235 e. The molecule has 23 heavy (non-hydrogen) atoms.